The van der Waals surface area contributed by atoms with Gasteiger partial charge in [-0.25, -0.2) is 13.2 Å². The van der Waals surface area contributed by atoms with Crippen molar-refractivity contribution in [3.63, 3.8) is 0 Å². The van der Waals surface area contributed by atoms with Gasteiger partial charge in [0.25, 0.3) is 6.18 Å². The molecule has 0 N–H and O–H groups in total. The number of halogens is 3. The first-order chi connectivity index (χ1) is 15.5. The van der Waals surface area contributed by atoms with Crippen molar-refractivity contribution >= 4 is 30.1 Å². The summed E-state index contributed by atoms with van der Waals surface area (Å²) in [5, 5.41) is 4.19. The van der Waals surface area contributed by atoms with E-state index in [1.54, 1.807) is 0 Å². The summed E-state index contributed by atoms with van der Waals surface area (Å²) >= 11 is 0. The maximum atomic E-state index is 10.4. The van der Waals surface area contributed by atoms with E-state index in [9.17, 15) is 13.2 Å². The largest absolute Gasteiger partial charge is 0.0622 e. The molecule has 33 heavy (non-hydrogen) atoms. The first-order valence-corrected chi connectivity index (χ1v) is 11.5. The smallest absolute Gasteiger partial charge is 0 e. The Labute approximate surface area is 205 Å². The van der Waals surface area contributed by atoms with Crippen LogP contribution in [-0.2, 0) is 26.5 Å². The van der Waals surface area contributed by atoms with E-state index >= 15 is 0 Å². The van der Waals surface area contributed by atoms with E-state index in [0.717, 1.165) is 0 Å². The summed E-state index contributed by atoms with van der Waals surface area (Å²) < 4.78 is 38.6. The SMILES string of the molecule is C1CCCC1.O=[C-]C(F)(F)F.[C-]#[O+].[Fe].c1ccc(P(c2ccccc2)c2ccccc2)cc1. The average molecular weight is 513 g/mol. The molecular weight excluding hydrogens is 488 g/mol. The molecule has 7 heteroatoms. The molecule has 0 radical (unpaired) electrons. The van der Waals surface area contributed by atoms with Gasteiger partial charge in [0.05, 0.1) is 0 Å². The van der Waals surface area contributed by atoms with Crippen molar-refractivity contribution in [1.82, 2.24) is 0 Å². The molecule has 1 saturated carbocycles. The molecule has 3 aromatic carbocycles. The Morgan fingerprint density at radius 3 is 1.03 bits per heavy atom. The predicted octanol–water partition coefficient (Wildman–Crippen LogP) is 6.01. The number of alkyl halides is 3. The van der Waals surface area contributed by atoms with E-state index < -0.39 is 14.1 Å². The van der Waals surface area contributed by atoms with Gasteiger partial charge in [0.15, 0.2) is 0 Å². The van der Waals surface area contributed by atoms with Gasteiger partial charge in [0.2, 0.25) is 0 Å². The Balaban J connectivity index is 0.000000607. The van der Waals surface area contributed by atoms with Crippen LogP contribution < -0.4 is 15.9 Å². The first kappa shape index (κ1) is 30.8. The molecule has 1 aliphatic carbocycles. The molecule has 0 amide bonds. The molecule has 176 valence electrons. The van der Waals surface area contributed by atoms with Gasteiger partial charge in [-0.3, -0.25) is 0 Å². The van der Waals surface area contributed by atoms with Crippen molar-refractivity contribution in [3.8, 4) is 0 Å². The van der Waals surface area contributed by atoms with Crippen LogP contribution in [0.5, 0.6) is 0 Å². The zero-order valence-corrected chi connectivity index (χ0v) is 19.9. The molecule has 4 rings (SSSR count). The minimum Gasteiger partial charge on any atom is -0.0622 e. The van der Waals surface area contributed by atoms with Gasteiger partial charge in [0.1, 0.15) is 0 Å². The predicted molar refractivity (Wildman–Crippen MR) is 124 cm³/mol. The van der Waals surface area contributed by atoms with Crippen LogP contribution in [0.3, 0.4) is 0 Å². The third kappa shape index (κ3) is 13.2. The van der Waals surface area contributed by atoms with Crippen molar-refractivity contribution in [2.45, 2.75) is 38.3 Å². The van der Waals surface area contributed by atoms with Crippen LogP contribution in [0.2, 0.25) is 0 Å². The molecule has 0 heterocycles. The van der Waals surface area contributed by atoms with Gasteiger partial charge in [-0.05, 0) is 23.8 Å². The third-order valence-electron chi connectivity index (χ3n) is 4.41. The third-order valence-corrected chi connectivity index (χ3v) is 6.85. The average Bonchev–Trinajstić information content (AvgIpc) is 3.43. The van der Waals surface area contributed by atoms with Gasteiger partial charge in [-0.1, -0.05) is 123 Å². The van der Waals surface area contributed by atoms with E-state index in [4.69, 9.17) is 9.45 Å². The summed E-state index contributed by atoms with van der Waals surface area (Å²) in [6.07, 6.45) is 2.59. The van der Waals surface area contributed by atoms with Crippen LogP contribution in [0.4, 0.5) is 13.2 Å². The minimum atomic E-state index is -4.76. The number of hydrogen-bond donors (Lipinski definition) is 0. The fourth-order valence-corrected chi connectivity index (χ4v) is 5.37. The monoisotopic (exact) mass is 513 g/mol. The molecule has 0 bridgehead atoms. The van der Waals surface area contributed by atoms with Crippen LogP contribution in [-0.4, -0.2) is 12.5 Å². The zero-order chi connectivity index (χ0) is 23.7. The van der Waals surface area contributed by atoms with Gasteiger partial charge in [-0.2, -0.15) is 6.29 Å². The van der Waals surface area contributed by atoms with E-state index in [1.807, 2.05) is 0 Å². The van der Waals surface area contributed by atoms with Crippen LogP contribution in [0, 0.1) is 6.65 Å². The van der Waals surface area contributed by atoms with E-state index in [1.165, 1.54) is 48.0 Å². The molecule has 0 aliphatic heterocycles. The summed E-state index contributed by atoms with van der Waals surface area (Å²) in [4.78, 5) is 8.58. The molecule has 0 aromatic heterocycles. The molecule has 0 atom stereocenters. The van der Waals surface area contributed by atoms with Crippen LogP contribution >= 0.6 is 7.92 Å². The van der Waals surface area contributed by atoms with Crippen LogP contribution in [0.25, 0.3) is 0 Å². The molecule has 3 aromatic rings. The van der Waals surface area contributed by atoms with Crippen LogP contribution in [0.1, 0.15) is 32.1 Å². The number of rotatable bonds is 3. The normalized spacial score (nSPS) is 11.8. The van der Waals surface area contributed by atoms with Crippen LogP contribution in [0.15, 0.2) is 91.0 Å². The Morgan fingerprint density at radius 1 is 0.636 bits per heavy atom. The van der Waals surface area contributed by atoms with Gasteiger partial charge in [0, 0.05) is 17.1 Å². The van der Waals surface area contributed by atoms with Crippen molar-refractivity contribution in [1.29, 1.82) is 0 Å². The molecular formula is C26H25F3FeO2P-. The second kappa shape index (κ2) is 18.3. The summed E-state index contributed by atoms with van der Waals surface area (Å²) in [5.74, 6) is 0. The Bertz CT molecular complexity index is 783. The van der Waals surface area contributed by atoms with Crippen molar-refractivity contribution in [3.05, 3.63) is 97.6 Å². The quantitative estimate of drug-likeness (QED) is 0.183. The zero-order valence-electron chi connectivity index (χ0n) is 17.9. The Kier molecular flexibility index (Phi) is 17.0. The van der Waals surface area contributed by atoms with Gasteiger partial charge in [-0.15, -0.1) is 0 Å². The van der Waals surface area contributed by atoms with E-state index in [-0.39, 0.29) is 23.4 Å². The minimum absolute atomic E-state index is 0. The molecule has 0 spiro atoms. The summed E-state index contributed by atoms with van der Waals surface area (Å²) in [7, 11) is -0.446. The van der Waals surface area contributed by atoms with Crippen molar-refractivity contribution < 1.29 is 39.7 Å². The number of carbonyl (C=O) groups excluding carboxylic acids is 1. The second-order valence-electron chi connectivity index (χ2n) is 6.71. The number of benzene rings is 3. The molecule has 0 saturated heterocycles. The molecule has 1 aliphatic rings. The first-order valence-electron chi connectivity index (χ1n) is 10.1. The maximum Gasteiger partial charge on any atom is 0 e. The summed E-state index contributed by atoms with van der Waals surface area (Å²) in [5.41, 5.74) is 0. The fourth-order valence-electron chi connectivity index (χ4n) is 3.06. The molecule has 2 nitrogen and oxygen atoms in total. The fraction of sp³-hybridized carbons (Fsp3) is 0.231. The van der Waals surface area contributed by atoms with E-state index in [2.05, 4.69) is 97.6 Å². The van der Waals surface area contributed by atoms with Gasteiger partial charge >= 0.3 is 11.3 Å². The maximum absolute atomic E-state index is 10.4. The number of hydrogen-bond acceptors (Lipinski definition) is 1. The van der Waals surface area contributed by atoms with Crippen molar-refractivity contribution in [2.75, 3.05) is 0 Å². The molecule has 1 fully saturated rings. The summed E-state index contributed by atoms with van der Waals surface area (Å²) in [6, 6.07) is 32.3. The molecule has 0 unspecified atom stereocenters. The topological polar surface area (TPSA) is 37.0 Å². The second-order valence-corrected chi connectivity index (χ2v) is 8.93. The van der Waals surface area contributed by atoms with E-state index in [0.29, 0.717) is 0 Å². The standard InChI is InChI=1S/C18H15P.C5H10.C2F3O.CO.Fe/c1-4-10-16(11-5-1)19(17-12-6-2-7-13-17)18-14-8-3-9-15-18;1-2-4-5-3-1;3-2(4,5)1-6;1-2;/h1-15H;1-5H2;;;/q;;-1;;. The van der Waals surface area contributed by atoms with Gasteiger partial charge < -0.3 is 4.79 Å². The Hall–Kier alpha value is -2.19. The summed E-state index contributed by atoms with van der Waals surface area (Å²) in [6.45, 7) is 4.50. The van der Waals surface area contributed by atoms with Crippen molar-refractivity contribution in [2.24, 2.45) is 0 Å². The Morgan fingerprint density at radius 2 is 0.848 bits per heavy atom.